The van der Waals surface area contributed by atoms with Crippen molar-refractivity contribution in [1.82, 2.24) is 29.9 Å². The summed E-state index contributed by atoms with van der Waals surface area (Å²) in [6.07, 6.45) is 4.70. The highest BCUT2D eigenvalue weighted by Crippen LogP contribution is 2.48. The van der Waals surface area contributed by atoms with Gasteiger partial charge in [0.25, 0.3) is 0 Å². The Balaban J connectivity index is 1.52. The molecule has 2 fully saturated rings. The van der Waals surface area contributed by atoms with Gasteiger partial charge in [0.15, 0.2) is 27.3 Å². The predicted octanol–water partition coefficient (Wildman–Crippen LogP) is 4.32. The molecule has 0 atom stereocenters. The number of benzene rings is 1. The monoisotopic (exact) mass is 570 g/mol. The molecule has 14 heteroatoms. The molecule has 0 radical (unpaired) electrons. The third kappa shape index (κ3) is 4.81. The van der Waals surface area contributed by atoms with Crippen molar-refractivity contribution >= 4 is 33.1 Å². The molecule has 1 aliphatic carbocycles. The Morgan fingerprint density at radius 1 is 1.12 bits per heavy atom. The Morgan fingerprint density at radius 3 is 2.38 bits per heavy atom. The number of hydrogen-bond acceptors (Lipinski definition) is 9. The molecule has 0 spiro atoms. The number of sulfone groups is 1. The van der Waals surface area contributed by atoms with Crippen LogP contribution in [0.5, 0.6) is 0 Å². The first-order valence-corrected chi connectivity index (χ1v) is 14.7. The number of halogens is 2. The molecule has 4 heterocycles. The number of aromatic nitrogens is 6. The van der Waals surface area contributed by atoms with Crippen molar-refractivity contribution < 1.29 is 21.9 Å². The minimum absolute atomic E-state index is 0.0122. The molecule has 2 aliphatic rings. The predicted molar refractivity (Wildman–Crippen MR) is 144 cm³/mol. The van der Waals surface area contributed by atoms with Crippen LogP contribution in [0.2, 0.25) is 0 Å². The number of ether oxygens (including phenoxy) is 1. The largest absolute Gasteiger partial charge is 0.377 e. The minimum atomic E-state index is -3.82. The lowest BCUT2D eigenvalue weighted by molar-refractivity contribution is -0.0287. The maximum Gasteiger partial charge on any atom is 0.232 e. The molecule has 40 heavy (non-hydrogen) atoms. The molecule has 1 saturated carbocycles. The number of H-pyrrole nitrogens is 1. The van der Waals surface area contributed by atoms with E-state index in [1.165, 1.54) is 11.9 Å². The molecule has 6 rings (SSSR count). The third-order valence-corrected chi connectivity index (χ3v) is 8.18. The average Bonchev–Trinajstić information content (AvgIpc) is 3.49. The highest BCUT2D eigenvalue weighted by molar-refractivity contribution is 7.90. The Bertz CT molecular complexity index is 1700. The summed E-state index contributed by atoms with van der Waals surface area (Å²) in [5.41, 5.74) is 3.37. The van der Waals surface area contributed by atoms with E-state index in [1.54, 1.807) is 0 Å². The zero-order valence-electron chi connectivity index (χ0n) is 22.4. The van der Waals surface area contributed by atoms with Crippen LogP contribution in [0.1, 0.15) is 41.8 Å². The molecule has 2 N–H and O–H groups in total. The standard InChI is InChI=1S/C26H28F2N8O3S/c1-13-7-21(33-32-13)29-25-22(15-5-6-15)23(18-10-36(34-14(18)2)16-11-39-12-16)30-26(31-25)35(3)24-19(27)8-17(9-20(24)28)40(4,37)38/h7-10,15-16H,5-6,11-12H2,1-4H3,(H2,29,30,31,32,33). The van der Waals surface area contributed by atoms with E-state index in [-0.39, 0.29) is 17.9 Å². The minimum Gasteiger partial charge on any atom is -0.377 e. The molecule has 4 aromatic rings. The van der Waals surface area contributed by atoms with Gasteiger partial charge in [-0.2, -0.15) is 15.2 Å². The molecule has 210 valence electrons. The zero-order chi connectivity index (χ0) is 28.3. The highest BCUT2D eigenvalue weighted by atomic mass is 32.2. The van der Waals surface area contributed by atoms with Gasteiger partial charge in [-0.1, -0.05) is 0 Å². The first-order valence-electron chi connectivity index (χ1n) is 12.8. The average molecular weight is 571 g/mol. The number of nitrogens with zero attached hydrogens (tertiary/aromatic N) is 6. The third-order valence-electron chi connectivity index (χ3n) is 7.09. The quantitative estimate of drug-likeness (QED) is 0.318. The van der Waals surface area contributed by atoms with Crippen LogP contribution >= 0.6 is 0 Å². The second-order valence-electron chi connectivity index (χ2n) is 10.3. The van der Waals surface area contributed by atoms with E-state index < -0.39 is 32.1 Å². The lowest BCUT2D eigenvalue weighted by atomic mass is 10.0. The van der Waals surface area contributed by atoms with Crippen molar-refractivity contribution in [2.75, 3.05) is 36.7 Å². The van der Waals surface area contributed by atoms with Gasteiger partial charge in [0.1, 0.15) is 11.5 Å². The van der Waals surface area contributed by atoms with E-state index in [4.69, 9.17) is 14.7 Å². The van der Waals surface area contributed by atoms with Crippen LogP contribution < -0.4 is 10.2 Å². The van der Waals surface area contributed by atoms with E-state index in [2.05, 4.69) is 20.6 Å². The molecule has 11 nitrogen and oxygen atoms in total. The zero-order valence-corrected chi connectivity index (χ0v) is 23.2. The first-order chi connectivity index (χ1) is 19.0. The first kappa shape index (κ1) is 26.3. The number of anilines is 4. The van der Waals surface area contributed by atoms with Gasteiger partial charge in [0.2, 0.25) is 5.95 Å². The van der Waals surface area contributed by atoms with Crippen LogP contribution in [0, 0.1) is 25.5 Å². The van der Waals surface area contributed by atoms with Crippen LogP contribution in [-0.2, 0) is 14.6 Å². The normalized spacial score (nSPS) is 15.8. The van der Waals surface area contributed by atoms with Crippen LogP contribution in [0.15, 0.2) is 29.3 Å². The van der Waals surface area contributed by atoms with Crippen LogP contribution in [-0.4, -0.2) is 64.9 Å². The number of aromatic amines is 1. The number of nitrogens with one attached hydrogen (secondary N) is 2. The van der Waals surface area contributed by atoms with Gasteiger partial charge in [0, 0.05) is 42.4 Å². The van der Waals surface area contributed by atoms with Crippen LogP contribution in [0.3, 0.4) is 0 Å². The summed E-state index contributed by atoms with van der Waals surface area (Å²) in [5.74, 6) is -0.899. The van der Waals surface area contributed by atoms with E-state index in [9.17, 15) is 8.42 Å². The summed E-state index contributed by atoms with van der Waals surface area (Å²) in [4.78, 5) is 10.3. The van der Waals surface area contributed by atoms with Crippen molar-refractivity contribution in [3.63, 3.8) is 0 Å². The summed E-state index contributed by atoms with van der Waals surface area (Å²) in [6, 6.07) is 3.54. The van der Waals surface area contributed by atoms with E-state index in [1.807, 2.05) is 30.8 Å². The van der Waals surface area contributed by atoms with Gasteiger partial charge in [-0.25, -0.2) is 22.2 Å². The maximum atomic E-state index is 15.2. The lowest BCUT2D eigenvalue weighted by Crippen LogP contribution is -2.30. The molecule has 3 aromatic heterocycles. The fourth-order valence-corrected chi connectivity index (χ4v) is 5.36. The van der Waals surface area contributed by atoms with E-state index >= 15 is 8.78 Å². The smallest absolute Gasteiger partial charge is 0.232 e. The van der Waals surface area contributed by atoms with Crippen molar-refractivity contribution in [3.05, 3.63) is 53.0 Å². The molecule has 1 saturated heterocycles. The van der Waals surface area contributed by atoms with Crippen LogP contribution in [0.25, 0.3) is 11.3 Å². The van der Waals surface area contributed by atoms with Crippen molar-refractivity contribution in [1.29, 1.82) is 0 Å². The summed E-state index contributed by atoms with van der Waals surface area (Å²) in [6.45, 7) is 4.90. The Labute approximate surface area is 229 Å². The SMILES string of the molecule is Cc1cc(Nc2nc(N(C)c3c(F)cc(S(C)(=O)=O)cc3F)nc(-c3cn(C4COC4)nc3C)c2C2CC2)n[nH]1. The number of aryl methyl sites for hydroxylation is 2. The second kappa shape index (κ2) is 9.63. The fraction of sp³-hybridized carbons (Fsp3) is 0.385. The lowest BCUT2D eigenvalue weighted by Gasteiger charge is -2.26. The van der Waals surface area contributed by atoms with Crippen LogP contribution in [0.4, 0.5) is 32.1 Å². The Hall–Kier alpha value is -3.91. The van der Waals surface area contributed by atoms with Gasteiger partial charge in [-0.05, 0) is 44.7 Å². The molecular formula is C26H28F2N8O3S. The van der Waals surface area contributed by atoms with E-state index in [0.717, 1.165) is 53.7 Å². The van der Waals surface area contributed by atoms with Gasteiger partial charge >= 0.3 is 0 Å². The number of rotatable bonds is 8. The molecule has 0 amide bonds. The van der Waals surface area contributed by atoms with Crippen molar-refractivity contribution in [2.45, 2.75) is 43.5 Å². The van der Waals surface area contributed by atoms with Crippen molar-refractivity contribution in [2.24, 2.45) is 0 Å². The number of hydrogen-bond donors (Lipinski definition) is 2. The van der Waals surface area contributed by atoms with Crippen molar-refractivity contribution in [3.8, 4) is 11.3 Å². The summed E-state index contributed by atoms with van der Waals surface area (Å²) < 4.78 is 61.5. The van der Waals surface area contributed by atoms with Gasteiger partial charge in [-0.3, -0.25) is 9.78 Å². The molecule has 0 bridgehead atoms. The topological polar surface area (TPSA) is 131 Å². The Kier molecular flexibility index (Phi) is 6.33. The molecule has 1 aromatic carbocycles. The van der Waals surface area contributed by atoms with Gasteiger partial charge in [-0.15, -0.1) is 0 Å². The summed E-state index contributed by atoms with van der Waals surface area (Å²) >= 11 is 0. The fourth-order valence-electron chi connectivity index (χ4n) is 4.72. The molecule has 0 unspecified atom stereocenters. The highest BCUT2D eigenvalue weighted by Gasteiger charge is 2.34. The molecule has 1 aliphatic heterocycles. The second-order valence-corrected chi connectivity index (χ2v) is 12.4. The van der Waals surface area contributed by atoms with Gasteiger partial charge < -0.3 is 15.0 Å². The maximum absolute atomic E-state index is 15.2. The summed E-state index contributed by atoms with van der Waals surface area (Å²) in [7, 11) is -2.39. The summed E-state index contributed by atoms with van der Waals surface area (Å²) in [5, 5.41) is 15.1. The Morgan fingerprint density at radius 2 is 1.82 bits per heavy atom. The van der Waals surface area contributed by atoms with E-state index in [0.29, 0.717) is 30.5 Å². The molecular weight excluding hydrogens is 542 g/mol. The van der Waals surface area contributed by atoms with Gasteiger partial charge in [0.05, 0.1) is 35.5 Å².